The van der Waals surface area contributed by atoms with Crippen LogP contribution in [0.15, 0.2) is 0 Å². The Morgan fingerprint density at radius 2 is 2.00 bits per heavy atom. The molecule has 0 aromatic rings. The Labute approximate surface area is 72.1 Å². The maximum atomic E-state index is 11.1. The second-order valence-corrected chi connectivity index (χ2v) is 2.36. The molecule has 0 aromatic heterocycles. The third-order valence-electron chi connectivity index (χ3n) is 1.54. The van der Waals surface area contributed by atoms with Gasteiger partial charge in [0.2, 0.25) is 0 Å². The lowest BCUT2D eigenvalue weighted by molar-refractivity contribution is -0.151. The number of ketones is 1. The highest BCUT2D eigenvalue weighted by Crippen LogP contribution is 2.02. The van der Waals surface area contributed by atoms with Crippen molar-refractivity contribution in [2.24, 2.45) is 11.7 Å². The van der Waals surface area contributed by atoms with E-state index >= 15 is 0 Å². The number of carbonyl (C=O) groups excluding carboxylic acids is 2. The van der Waals surface area contributed by atoms with E-state index in [1.165, 1.54) is 0 Å². The van der Waals surface area contributed by atoms with Gasteiger partial charge in [-0.25, -0.2) is 0 Å². The molecule has 0 radical (unpaired) electrons. The van der Waals surface area contributed by atoms with Crippen LogP contribution in [-0.2, 0) is 14.3 Å². The Bertz CT molecular complexity index is 168. The number of ether oxygens (including phenoxy) is 1. The third-order valence-corrected chi connectivity index (χ3v) is 1.54. The van der Waals surface area contributed by atoms with E-state index in [-0.39, 0.29) is 18.9 Å². The van der Waals surface area contributed by atoms with Gasteiger partial charge in [0, 0.05) is 13.0 Å². The van der Waals surface area contributed by atoms with Crippen LogP contribution in [0.1, 0.15) is 20.3 Å². The van der Waals surface area contributed by atoms with Gasteiger partial charge in [-0.3, -0.25) is 9.59 Å². The van der Waals surface area contributed by atoms with Crippen LogP contribution in [0, 0.1) is 5.92 Å². The lowest BCUT2D eigenvalue weighted by atomic mass is 10.0. The van der Waals surface area contributed by atoms with Gasteiger partial charge in [0.15, 0.2) is 0 Å². The highest BCUT2D eigenvalue weighted by Gasteiger charge is 2.24. The molecule has 0 aliphatic rings. The molecule has 2 N–H and O–H groups in total. The molecule has 0 aromatic carbocycles. The van der Waals surface area contributed by atoms with Gasteiger partial charge in [-0.1, -0.05) is 6.92 Å². The summed E-state index contributed by atoms with van der Waals surface area (Å²) in [5.41, 5.74) is 5.26. The highest BCUT2D eigenvalue weighted by atomic mass is 16.5. The van der Waals surface area contributed by atoms with Crippen LogP contribution in [0.25, 0.3) is 0 Å². The maximum Gasteiger partial charge on any atom is 0.317 e. The Hall–Kier alpha value is -0.900. The molecule has 0 aliphatic carbocycles. The second kappa shape index (κ2) is 5.71. The predicted molar refractivity (Wildman–Crippen MR) is 44.5 cm³/mol. The van der Waals surface area contributed by atoms with E-state index in [9.17, 15) is 9.59 Å². The molecule has 0 spiro atoms. The molecular formula is C8H15NO3. The lowest BCUT2D eigenvalue weighted by Crippen LogP contribution is -2.32. The van der Waals surface area contributed by atoms with Crippen molar-refractivity contribution in [3.63, 3.8) is 0 Å². The SMILES string of the molecule is CCOC(=O)C(CN)C(=O)CC. The first kappa shape index (κ1) is 11.1. The standard InChI is InChI=1S/C8H15NO3/c1-3-7(10)6(5-9)8(11)12-4-2/h6H,3-5,9H2,1-2H3. The van der Waals surface area contributed by atoms with Crippen LogP contribution < -0.4 is 5.73 Å². The zero-order chi connectivity index (χ0) is 9.56. The molecule has 0 bridgehead atoms. The first-order valence-corrected chi connectivity index (χ1v) is 4.06. The predicted octanol–water partition coefficient (Wildman–Crippen LogP) is 0.103. The number of Topliss-reactive ketones (excluding diaryl/α,β-unsaturated/α-hetero) is 1. The summed E-state index contributed by atoms with van der Waals surface area (Å²) >= 11 is 0. The summed E-state index contributed by atoms with van der Waals surface area (Å²) < 4.78 is 4.68. The van der Waals surface area contributed by atoms with Crippen LogP contribution in [0.5, 0.6) is 0 Å². The van der Waals surface area contributed by atoms with E-state index in [1.54, 1.807) is 13.8 Å². The minimum Gasteiger partial charge on any atom is -0.465 e. The van der Waals surface area contributed by atoms with Crippen molar-refractivity contribution in [1.82, 2.24) is 0 Å². The summed E-state index contributed by atoms with van der Waals surface area (Å²) in [6.45, 7) is 3.71. The van der Waals surface area contributed by atoms with Crippen molar-refractivity contribution in [3.05, 3.63) is 0 Å². The summed E-state index contributed by atoms with van der Waals surface area (Å²) in [6, 6.07) is 0. The highest BCUT2D eigenvalue weighted by molar-refractivity contribution is 5.99. The van der Waals surface area contributed by atoms with Crippen LogP contribution in [0.4, 0.5) is 0 Å². The van der Waals surface area contributed by atoms with Gasteiger partial charge >= 0.3 is 5.97 Å². The van der Waals surface area contributed by atoms with Gasteiger partial charge in [-0.15, -0.1) is 0 Å². The molecular weight excluding hydrogens is 158 g/mol. The molecule has 4 nitrogen and oxygen atoms in total. The largest absolute Gasteiger partial charge is 0.465 e. The first-order chi connectivity index (χ1) is 5.67. The topological polar surface area (TPSA) is 69.4 Å². The molecule has 0 saturated carbocycles. The van der Waals surface area contributed by atoms with E-state index in [4.69, 9.17) is 5.73 Å². The van der Waals surface area contributed by atoms with Crippen molar-refractivity contribution in [2.75, 3.05) is 13.2 Å². The van der Waals surface area contributed by atoms with E-state index in [2.05, 4.69) is 4.74 Å². The summed E-state index contributed by atoms with van der Waals surface area (Å²) in [6.07, 6.45) is 0.320. The Kier molecular flexibility index (Phi) is 5.28. The molecule has 4 heteroatoms. The number of rotatable bonds is 5. The van der Waals surface area contributed by atoms with Crippen molar-refractivity contribution < 1.29 is 14.3 Å². The molecule has 70 valence electrons. The Morgan fingerprint density at radius 3 is 2.33 bits per heavy atom. The van der Waals surface area contributed by atoms with Gasteiger partial charge in [-0.05, 0) is 6.92 Å². The van der Waals surface area contributed by atoms with Gasteiger partial charge in [0.05, 0.1) is 6.61 Å². The maximum absolute atomic E-state index is 11.1. The number of hydrogen-bond acceptors (Lipinski definition) is 4. The number of carbonyl (C=O) groups is 2. The van der Waals surface area contributed by atoms with Gasteiger partial charge in [0.25, 0.3) is 0 Å². The van der Waals surface area contributed by atoms with E-state index in [0.717, 1.165) is 0 Å². The zero-order valence-electron chi connectivity index (χ0n) is 7.50. The van der Waals surface area contributed by atoms with Crippen LogP contribution >= 0.6 is 0 Å². The van der Waals surface area contributed by atoms with E-state index in [1.807, 2.05) is 0 Å². The zero-order valence-corrected chi connectivity index (χ0v) is 7.50. The van der Waals surface area contributed by atoms with Gasteiger partial charge in [-0.2, -0.15) is 0 Å². The smallest absolute Gasteiger partial charge is 0.317 e. The summed E-state index contributed by atoms with van der Waals surface area (Å²) in [5.74, 6) is -1.43. The average Bonchev–Trinajstić information content (AvgIpc) is 2.06. The minimum atomic E-state index is -0.769. The van der Waals surface area contributed by atoms with Crippen molar-refractivity contribution in [3.8, 4) is 0 Å². The molecule has 0 amide bonds. The fourth-order valence-corrected chi connectivity index (χ4v) is 0.848. The molecule has 1 unspecified atom stereocenters. The third kappa shape index (κ3) is 3.00. The quantitative estimate of drug-likeness (QED) is 0.473. The van der Waals surface area contributed by atoms with Gasteiger partial charge < -0.3 is 10.5 Å². The Balaban J connectivity index is 4.14. The summed E-state index contributed by atoms with van der Waals surface area (Å²) in [4.78, 5) is 22.1. The Morgan fingerprint density at radius 1 is 1.42 bits per heavy atom. The number of hydrogen-bond donors (Lipinski definition) is 1. The molecule has 1 atom stereocenters. The molecule has 0 saturated heterocycles. The van der Waals surface area contributed by atoms with Crippen LogP contribution in [-0.4, -0.2) is 24.9 Å². The second-order valence-electron chi connectivity index (χ2n) is 2.36. The average molecular weight is 173 g/mol. The van der Waals surface area contributed by atoms with Crippen molar-refractivity contribution in [2.45, 2.75) is 20.3 Å². The lowest BCUT2D eigenvalue weighted by Gasteiger charge is -2.10. The van der Waals surface area contributed by atoms with Crippen molar-refractivity contribution >= 4 is 11.8 Å². The molecule has 12 heavy (non-hydrogen) atoms. The summed E-state index contributed by atoms with van der Waals surface area (Å²) in [7, 11) is 0. The summed E-state index contributed by atoms with van der Waals surface area (Å²) in [5, 5.41) is 0. The first-order valence-electron chi connectivity index (χ1n) is 4.06. The molecule has 0 fully saturated rings. The van der Waals surface area contributed by atoms with Gasteiger partial charge in [0.1, 0.15) is 11.7 Å². The fourth-order valence-electron chi connectivity index (χ4n) is 0.848. The van der Waals surface area contributed by atoms with E-state index < -0.39 is 11.9 Å². The van der Waals surface area contributed by atoms with E-state index in [0.29, 0.717) is 6.42 Å². The molecule has 0 rings (SSSR count). The van der Waals surface area contributed by atoms with Crippen LogP contribution in [0.3, 0.4) is 0 Å². The van der Waals surface area contributed by atoms with Crippen LogP contribution in [0.2, 0.25) is 0 Å². The van der Waals surface area contributed by atoms with Crippen molar-refractivity contribution in [1.29, 1.82) is 0 Å². The molecule has 0 aliphatic heterocycles. The monoisotopic (exact) mass is 173 g/mol. The number of esters is 1. The molecule has 0 heterocycles. The minimum absolute atomic E-state index is 0.0332. The normalized spacial score (nSPS) is 12.2. The number of nitrogens with two attached hydrogens (primary N) is 1. The fraction of sp³-hybridized carbons (Fsp3) is 0.750.